The highest BCUT2D eigenvalue weighted by molar-refractivity contribution is 9.09. The lowest BCUT2D eigenvalue weighted by molar-refractivity contribution is -0.139. The number of esters is 1. The maximum absolute atomic E-state index is 12.1. The molecule has 0 atom stereocenters. The van der Waals surface area contributed by atoms with E-state index in [-0.39, 0.29) is 18.2 Å². The van der Waals surface area contributed by atoms with Crippen LogP contribution < -0.4 is 0 Å². The van der Waals surface area contributed by atoms with Crippen molar-refractivity contribution < 1.29 is 14.3 Å². The number of alkyl halides is 1. The van der Waals surface area contributed by atoms with Gasteiger partial charge in [0.1, 0.15) is 0 Å². The molecule has 1 aromatic heterocycles. The second kappa shape index (κ2) is 12.7. The molecule has 0 radical (unpaired) electrons. The van der Waals surface area contributed by atoms with Crippen molar-refractivity contribution in [3.8, 4) is 0 Å². The Balaban J connectivity index is 2.11. The lowest BCUT2D eigenvalue weighted by Gasteiger charge is -2.01. The van der Waals surface area contributed by atoms with Crippen LogP contribution in [-0.4, -0.2) is 24.2 Å². The van der Waals surface area contributed by atoms with Crippen LogP contribution in [0.5, 0.6) is 0 Å². The quantitative estimate of drug-likeness (QED) is 0.188. The molecular weight excluding hydrogens is 376 g/mol. The molecule has 0 bridgehead atoms. The highest BCUT2D eigenvalue weighted by Gasteiger charge is 2.11. The minimum atomic E-state index is -0.262. The van der Waals surface area contributed by atoms with Crippen LogP contribution >= 0.6 is 27.3 Å². The monoisotopic (exact) mass is 402 g/mol. The number of hydrogen-bond donors (Lipinski definition) is 0. The van der Waals surface area contributed by atoms with Gasteiger partial charge in [-0.15, -0.1) is 11.3 Å². The first-order valence-electron chi connectivity index (χ1n) is 8.42. The van der Waals surface area contributed by atoms with E-state index in [0.717, 1.165) is 27.9 Å². The predicted octanol–water partition coefficient (Wildman–Crippen LogP) is 5.55. The van der Waals surface area contributed by atoms with Crippen molar-refractivity contribution in [2.45, 2.75) is 64.2 Å². The Kier molecular flexibility index (Phi) is 11.3. The number of halogens is 1. The number of rotatable bonds is 13. The predicted molar refractivity (Wildman–Crippen MR) is 99.7 cm³/mol. The number of methoxy groups -OCH3 is 1. The van der Waals surface area contributed by atoms with E-state index in [4.69, 9.17) is 0 Å². The van der Waals surface area contributed by atoms with E-state index in [1.807, 2.05) is 12.1 Å². The van der Waals surface area contributed by atoms with Crippen molar-refractivity contribution >= 4 is 39.0 Å². The van der Waals surface area contributed by atoms with Crippen LogP contribution in [0.15, 0.2) is 12.1 Å². The van der Waals surface area contributed by atoms with E-state index in [9.17, 15) is 9.59 Å². The Morgan fingerprint density at radius 2 is 1.61 bits per heavy atom. The fourth-order valence-electron chi connectivity index (χ4n) is 2.40. The maximum atomic E-state index is 12.1. The highest BCUT2D eigenvalue weighted by Crippen LogP contribution is 2.20. The number of ketones is 1. The van der Waals surface area contributed by atoms with E-state index in [0.29, 0.717) is 6.42 Å². The van der Waals surface area contributed by atoms with Gasteiger partial charge in [0.2, 0.25) is 0 Å². The van der Waals surface area contributed by atoms with Crippen LogP contribution in [-0.2, 0) is 16.0 Å². The molecule has 0 N–H and O–H groups in total. The molecule has 0 fully saturated rings. The molecule has 0 aliphatic rings. The SMILES string of the molecule is COC(=O)Cc1ccc(C(=O)CCCCCCCCCCBr)s1. The summed E-state index contributed by atoms with van der Waals surface area (Å²) in [6.07, 6.45) is 10.7. The van der Waals surface area contributed by atoms with Gasteiger partial charge in [0, 0.05) is 16.6 Å². The lowest BCUT2D eigenvalue weighted by atomic mass is 10.1. The minimum Gasteiger partial charge on any atom is -0.469 e. The topological polar surface area (TPSA) is 43.4 Å². The summed E-state index contributed by atoms with van der Waals surface area (Å²) >= 11 is 4.86. The second-order valence-corrected chi connectivity index (χ2v) is 7.67. The number of Topliss-reactive ketones (excluding diaryl/α,β-unsaturated/α-hetero) is 1. The molecule has 3 nitrogen and oxygen atoms in total. The Labute approximate surface area is 151 Å². The highest BCUT2D eigenvalue weighted by atomic mass is 79.9. The molecule has 1 rings (SSSR count). The molecule has 0 aliphatic carbocycles. The average molecular weight is 403 g/mol. The normalized spacial score (nSPS) is 10.7. The molecule has 1 heterocycles. The number of hydrogen-bond acceptors (Lipinski definition) is 4. The number of thiophene rings is 1. The van der Waals surface area contributed by atoms with Gasteiger partial charge in [0.25, 0.3) is 0 Å². The molecule has 0 unspecified atom stereocenters. The Hall–Kier alpha value is -0.680. The summed E-state index contributed by atoms with van der Waals surface area (Å²) < 4.78 is 4.64. The fraction of sp³-hybridized carbons (Fsp3) is 0.667. The number of carbonyl (C=O) groups is 2. The van der Waals surface area contributed by atoms with Gasteiger partial charge in [-0.25, -0.2) is 0 Å². The molecule has 130 valence electrons. The molecular formula is C18H27BrO3S. The van der Waals surface area contributed by atoms with Crippen molar-refractivity contribution in [2.24, 2.45) is 0 Å². The third-order valence-corrected chi connectivity index (χ3v) is 5.46. The van der Waals surface area contributed by atoms with Crippen molar-refractivity contribution in [2.75, 3.05) is 12.4 Å². The van der Waals surface area contributed by atoms with Crippen molar-refractivity contribution in [1.29, 1.82) is 0 Å². The van der Waals surface area contributed by atoms with E-state index >= 15 is 0 Å². The smallest absolute Gasteiger partial charge is 0.310 e. The maximum Gasteiger partial charge on any atom is 0.310 e. The van der Waals surface area contributed by atoms with Gasteiger partial charge in [-0.2, -0.15) is 0 Å². The zero-order valence-corrected chi connectivity index (χ0v) is 16.3. The first-order chi connectivity index (χ1) is 11.2. The van der Waals surface area contributed by atoms with Crippen LogP contribution in [0.4, 0.5) is 0 Å². The Morgan fingerprint density at radius 1 is 1.00 bits per heavy atom. The second-order valence-electron chi connectivity index (χ2n) is 5.71. The van der Waals surface area contributed by atoms with Gasteiger partial charge in [-0.1, -0.05) is 54.5 Å². The van der Waals surface area contributed by atoms with E-state index in [2.05, 4.69) is 20.7 Å². The molecule has 0 aromatic carbocycles. The zero-order valence-electron chi connectivity index (χ0n) is 13.9. The minimum absolute atomic E-state index is 0.198. The van der Waals surface area contributed by atoms with Crippen LogP contribution in [0, 0.1) is 0 Å². The van der Waals surface area contributed by atoms with Gasteiger partial charge >= 0.3 is 5.97 Å². The molecule has 23 heavy (non-hydrogen) atoms. The summed E-state index contributed by atoms with van der Waals surface area (Å²) in [6, 6.07) is 3.68. The van der Waals surface area contributed by atoms with E-state index in [1.54, 1.807) is 0 Å². The van der Waals surface area contributed by atoms with E-state index in [1.165, 1.54) is 57.0 Å². The van der Waals surface area contributed by atoms with E-state index < -0.39 is 0 Å². The van der Waals surface area contributed by atoms with Gasteiger partial charge in [0.15, 0.2) is 5.78 Å². The van der Waals surface area contributed by atoms with Gasteiger partial charge in [0.05, 0.1) is 18.4 Å². The first kappa shape index (κ1) is 20.4. The average Bonchev–Trinajstić information content (AvgIpc) is 3.01. The van der Waals surface area contributed by atoms with Gasteiger partial charge < -0.3 is 4.74 Å². The van der Waals surface area contributed by atoms with Crippen molar-refractivity contribution in [3.63, 3.8) is 0 Å². The summed E-state index contributed by atoms with van der Waals surface area (Å²) in [5.41, 5.74) is 0. The lowest BCUT2D eigenvalue weighted by Crippen LogP contribution is -2.02. The van der Waals surface area contributed by atoms with Crippen LogP contribution in [0.25, 0.3) is 0 Å². The molecule has 0 spiro atoms. The summed E-state index contributed by atoms with van der Waals surface area (Å²) in [5.74, 6) is -0.0644. The number of ether oxygens (including phenoxy) is 1. The number of unbranched alkanes of at least 4 members (excludes halogenated alkanes) is 7. The molecule has 0 aliphatic heterocycles. The Morgan fingerprint density at radius 3 is 2.22 bits per heavy atom. The summed E-state index contributed by atoms with van der Waals surface area (Å²) in [7, 11) is 1.38. The summed E-state index contributed by atoms with van der Waals surface area (Å²) in [6.45, 7) is 0. The van der Waals surface area contributed by atoms with Crippen LogP contribution in [0.2, 0.25) is 0 Å². The molecule has 0 saturated heterocycles. The van der Waals surface area contributed by atoms with Gasteiger partial charge in [-0.3, -0.25) is 9.59 Å². The largest absolute Gasteiger partial charge is 0.469 e. The zero-order chi connectivity index (χ0) is 16.9. The van der Waals surface area contributed by atoms with Crippen LogP contribution in [0.1, 0.15) is 72.3 Å². The Bertz CT molecular complexity index is 471. The standard InChI is InChI=1S/C18H27BrO3S/c1-22-18(21)14-15-11-12-17(23-15)16(20)10-8-6-4-2-3-5-7-9-13-19/h11-12H,2-10,13-14H2,1H3. The van der Waals surface area contributed by atoms with Gasteiger partial charge in [-0.05, 0) is 25.0 Å². The fourth-order valence-corrected chi connectivity index (χ4v) is 3.76. The molecule has 0 amide bonds. The van der Waals surface area contributed by atoms with Crippen molar-refractivity contribution in [1.82, 2.24) is 0 Å². The molecule has 0 saturated carbocycles. The molecule has 5 heteroatoms. The van der Waals surface area contributed by atoms with Crippen LogP contribution in [0.3, 0.4) is 0 Å². The summed E-state index contributed by atoms with van der Waals surface area (Å²) in [4.78, 5) is 25.0. The third kappa shape index (κ3) is 9.26. The molecule has 1 aromatic rings. The third-order valence-electron chi connectivity index (χ3n) is 3.77. The summed E-state index contributed by atoms with van der Waals surface area (Å²) in [5, 5.41) is 1.11. The van der Waals surface area contributed by atoms with Crippen molar-refractivity contribution in [3.05, 3.63) is 21.9 Å². The first-order valence-corrected chi connectivity index (χ1v) is 10.4. The number of carbonyl (C=O) groups excluding carboxylic acids is 2.